The maximum atomic E-state index is 13.7. The minimum Gasteiger partial charge on any atom is -0.320 e. The second-order valence-corrected chi connectivity index (χ2v) is 9.51. The standard InChI is InChI=1S/C27H30N4O2/c1-18(2)21-11-13-23(14-12-21)30-25-24(26(32)31(27(30)33)22-9-4-5-10-22)29(17-28-25)16-20-8-6-7-19(3)15-20/h6-8,11-15,17-18,22H,4-5,9-10,16H2,1-3H3. The predicted molar refractivity (Wildman–Crippen MR) is 131 cm³/mol. The van der Waals surface area contributed by atoms with Crippen molar-refractivity contribution in [3.8, 4) is 5.69 Å². The van der Waals surface area contributed by atoms with E-state index in [0.717, 1.165) is 36.9 Å². The Hall–Kier alpha value is -3.41. The van der Waals surface area contributed by atoms with Crippen LogP contribution >= 0.6 is 0 Å². The van der Waals surface area contributed by atoms with Crippen molar-refractivity contribution in [3.05, 3.63) is 92.4 Å². The van der Waals surface area contributed by atoms with Gasteiger partial charge in [-0.15, -0.1) is 0 Å². The summed E-state index contributed by atoms with van der Waals surface area (Å²) < 4.78 is 4.99. The molecule has 0 radical (unpaired) electrons. The van der Waals surface area contributed by atoms with Gasteiger partial charge in [-0.05, 0) is 48.9 Å². The first-order chi connectivity index (χ1) is 15.9. The highest BCUT2D eigenvalue weighted by Crippen LogP contribution is 2.28. The fraction of sp³-hybridized carbons (Fsp3) is 0.370. The number of aromatic nitrogens is 4. The average Bonchev–Trinajstić information content (AvgIpc) is 3.45. The Kier molecular flexibility index (Phi) is 5.52. The van der Waals surface area contributed by atoms with Crippen LogP contribution in [0.2, 0.25) is 0 Å². The molecule has 0 N–H and O–H groups in total. The number of rotatable bonds is 5. The van der Waals surface area contributed by atoms with Crippen LogP contribution < -0.4 is 11.2 Å². The van der Waals surface area contributed by atoms with Crippen LogP contribution in [0.3, 0.4) is 0 Å². The highest BCUT2D eigenvalue weighted by molar-refractivity contribution is 5.72. The van der Waals surface area contributed by atoms with Gasteiger partial charge in [-0.25, -0.2) is 14.3 Å². The fourth-order valence-corrected chi connectivity index (χ4v) is 5.01. The van der Waals surface area contributed by atoms with Crippen molar-refractivity contribution in [1.82, 2.24) is 18.7 Å². The molecule has 0 aliphatic heterocycles. The van der Waals surface area contributed by atoms with Crippen LogP contribution in [0.25, 0.3) is 16.9 Å². The van der Waals surface area contributed by atoms with Crippen LogP contribution in [0.4, 0.5) is 0 Å². The maximum absolute atomic E-state index is 13.7. The van der Waals surface area contributed by atoms with Crippen LogP contribution in [0, 0.1) is 6.92 Å². The largest absolute Gasteiger partial charge is 0.337 e. The molecular weight excluding hydrogens is 412 g/mol. The monoisotopic (exact) mass is 442 g/mol. The number of aryl methyl sites for hydroxylation is 1. The van der Waals surface area contributed by atoms with Crippen LogP contribution in [0.1, 0.15) is 68.2 Å². The molecule has 1 saturated carbocycles. The summed E-state index contributed by atoms with van der Waals surface area (Å²) in [4.78, 5) is 32.0. The van der Waals surface area contributed by atoms with E-state index in [-0.39, 0.29) is 17.3 Å². The molecule has 0 atom stereocenters. The molecule has 170 valence electrons. The average molecular weight is 443 g/mol. The van der Waals surface area contributed by atoms with Crippen molar-refractivity contribution in [2.24, 2.45) is 0 Å². The highest BCUT2D eigenvalue weighted by Gasteiger charge is 2.26. The predicted octanol–water partition coefficient (Wildman–Crippen LogP) is 4.94. The molecule has 1 aliphatic carbocycles. The van der Waals surface area contributed by atoms with Crippen LogP contribution in [0.5, 0.6) is 0 Å². The van der Waals surface area contributed by atoms with Crippen molar-refractivity contribution in [2.75, 3.05) is 0 Å². The van der Waals surface area contributed by atoms with Crippen molar-refractivity contribution >= 4 is 11.2 Å². The van der Waals surface area contributed by atoms with Gasteiger partial charge >= 0.3 is 5.69 Å². The Morgan fingerprint density at radius 3 is 2.42 bits per heavy atom. The Bertz CT molecular complexity index is 1420. The summed E-state index contributed by atoms with van der Waals surface area (Å²) in [5.41, 5.74) is 4.58. The Balaban J connectivity index is 1.74. The minimum atomic E-state index is -0.294. The second kappa shape index (κ2) is 8.50. The second-order valence-electron chi connectivity index (χ2n) is 9.51. The number of hydrogen-bond acceptors (Lipinski definition) is 3. The van der Waals surface area contributed by atoms with E-state index in [9.17, 15) is 9.59 Å². The van der Waals surface area contributed by atoms with E-state index < -0.39 is 0 Å². The Morgan fingerprint density at radius 2 is 1.76 bits per heavy atom. The lowest BCUT2D eigenvalue weighted by atomic mass is 10.0. The summed E-state index contributed by atoms with van der Waals surface area (Å²) in [6, 6.07) is 16.2. The molecule has 2 aromatic carbocycles. The maximum Gasteiger partial charge on any atom is 0.337 e. The van der Waals surface area contributed by atoms with E-state index in [1.54, 1.807) is 10.9 Å². The van der Waals surface area contributed by atoms with Gasteiger partial charge in [0.25, 0.3) is 5.56 Å². The fourth-order valence-electron chi connectivity index (χ4n) is 5.01. The van der Waals surface area contributed by atoms with Crippen molar-refractivity contribution in [1.29, 1.82) is 0 Å². The third kappa shape index (κ3) is 3.84. The van der Waals surface area contributed by atoms with Gasteiger partial charge in [-0.1, -0.05) is 68.7 Å². The number of benzene rings is 2. The summed E-state index contributed by atoms with van der Waals surface area (Å²) in [7, 11) is 0. The van der Waals surface area contributed by atoms with E-state index in [0.29, 0.717) is 23.6 Å². The first-order valence-corrected chi connectivity index (χ1v) is 11.8. The first-order valence-electron chi connectivity index (χ1n) is 11.8. The summed E-state index contributed by atoms with van der Waals surface area (Å²) >= 11 is 0. The molecule has 4 aromatic rings. The molecular formula is C27H30N4O2. The van der Waals surface area contributed by atoms with E-state index >= 15 is 0 Å². The van der Waals surface area contributed by atoms with Crippen LogP contribution in [-0.2, 0) is 6.54 Å². The summed E-state index contributed by atoms with van der Waals surface area (Å²) in [6.07, 6.45) is 5.49. The van der Waals surface area contributed by atoms with E-state index in [2.05, 4.69) is 44.0 Å². The summed E-state index contributed by atoms with van der Waals surface area (Å²) in [5, 5.41) is 0. The van der Waals surface area contributed by atoms with Gasteiger partial charge in [-0.3, -0.25) is 9.36 Å². The lowest BCUT2D eigenvalue weighted by Crippen LogP contribution is -2.41. The van der Waals surface area contributed by atoms with Gasteiger partial charge in [0.1, 0.15) is 0 Å². The molecule has 5 rings (SSSR count). The molecule has 0 saturated heterocycles. The molecule has 0 bridgehead atoms. The summed E-state index contributed by atoms with van der Waals surface area (Å²) in [5.74, 6) is 0.400. The molecule has 2 heterocycles. The molecule has 6 nitrogen and oxygen atoms in total. The molecule has 0 unspecified atom stereocenters. The Labute approximate surface area is 193 Å². The number of fused-ring (bicyclic) bond motifs is 1. The Morgan fingerprint density at radius 1 is 1.03 bits per heavy atom. The van der Waals surface area contributed by atoms with Gasteiger partial charge in [0.2, 0.25) is 0 Å². The van der Waals surface area contributed by atoms with Gasteiger partial charge in [0.15, 0.2) is 11.2 Å². The van der Waals surface area contributed by atoms with Gasteiger partial charge in [0.05, 0.1) is 12.0 Å². The van der Waals surface area contributed by atoms with Gasteiger partial charge in [0, 0.05) is 12.6 Å². The third-order valence-corrected chi connectivity index (χ3v) is 6.79. The van der Waals surface area contributed by atoms with Crippen LogP contribution in [0.15, 0.2) is 64.4 Å². The molecule has 2 aromatic heterocycles. The van der Waals surface area contributed by atoms with Crippen LogP contribution in [-0.4, -0.2) is 18.7 Å². The van der Waals surface area contributed by atoms with Crippen molar-refractivity contribution < 1.29 is 0 Å². The molecule has 0 amide bonds. The molecule has 33 heavy (non-hydrogen) atoms. The van der Waals surface area contributed by atoms with Gasteiger partial charge < -0.3 is 4.57 Å². The van der Waals surface area contributed by atoms with E-state index in [1.165, 1.54) is 15.7 Å². The van der Waals surface area contributed by atoms with E-state index in [1.807, 2.05) is 34.9 Å². The summed E-state index contributed by atoms with van der Waals surface area (Å²) in [6.45, 7) is 6.88. The lowest BCUT2D eigenvalue weighted by molar-refractivity contribution is 0.474. The normalized spacial score (nSPS) is 14.5. The number of nitrogens with zero attached hydrogens (tertiary/aromatic N) is 4. The zero-order valence-corrected chi connectivity index (χ0v) is 19.5. The first kappa shape index (κ1) is 21.4. The minimum absolute atomic E-state index is 0.0575. The molecule has 6 heteroatoms. The third-order valence-electron chi connectivity index (χ3n) is 6.79. The number of imidazole rings is 1. The SMILES string of the molecule is Cc1cccc(Cn2cnc3c2c(=O)n(C2CCCC2)c(=O)n3-c2ccc(C(C)C)cc2)c1. The zero-order valence-electron chi connectivity index (χ0n) is 19.5. The molecule has 1 fully saturated rings. The van der Waals surface area contributed by atoms with Crippen molar-refractivity contribution in [2.45, 2.75) is 65.0 Å². The smallest absolute Gasteiger partial charge is 0.320 e. The lowest BCUT2D eigenvalue weighted by Gasteiger charge is -2.17. The van der Waals surface area contributed by atoms with Gasteiger partial charge in [-0.2, -0.15) is 0 Å². The van der Waals surface area contributed by atoms with Crippen molar-refractivity contribution in [3.63, 3.8) is 0 Å². The highest BCUT2D eigenvalue weighted by atomic mass is 16.2. The zero-order chi connectivity index (χ0) is 23.1. The topological polar surface area (TPSA) is 61.8 Å². The molecule has 0 spiro atoms. The number of hydrogen-bond donors (Lipinski definition) is 0. The molecule has 1 aliphatic rings. The quantitative estimate of drug-likeness (QED) is 0.440. The van der Waals surface area contributed by atoms with E-state index in [4.69, 9.17) is 0 Å².